The first-order valence-corrected chi connectivity index (χ1v) is 9.73. The third kappa shape index (κ3) is 3.92. The van der Waals surface area contributed by atoms with E-state index in [2.05, 4.69) is 15.3 Å². The molecule has 6 heteroatoms. The number of aromatic nitrogens is 2. The predicted molar refractivity (Wildman–Crippen MR) is 103 cm³/mol. The third-order valence-corrected chi connectivity index (χ3v) is 5.60. The number of thioether (sulfide) groups is 1. The smallest absolute Gasteiger partial charge is 0.238 e. The van der Waals surface area contributed by atoms with Gasteiger partial charge in [-0.2, -0.15) is 0 Å². The fourth-order valence-corrected chi connectivity index (χ4v) is 4.14. The molecular weight excluding hydrogens is 346 g/mol. The number of rotatable bonds is 6. The molecule has 26 heavy (non-hydrogen) atoms. The first kappa shape index (κ1) is 17.1. The van der Waals surface area contributed by atoms with Crippen LogP contribution in [0, 0.1) is 0 Å². The van der Waals surface area contributed by atoms with Crippen LogP contribution in [-0.4, -0.2) is 35.1 Å². The molecule has 0 spiro atoms. The van der Waals surface area contributed by atoms with Crippen molar-refractivity contribution in [2.45, 2.75) is 29.4 Å². The minimum absolute atomic E-state index is 0.0165. The molecule has 1 saturated heterocycles. The Hall–Kier alpha value is -2.31. The molecule has 4 rings (SSSR count). The highest BCUT2D eigenvalue weighted by molar-refractivity contribution is 8.00. The van der Waals surface area contributed by atoms with Crippen LogP contribution in [-0.2, 0) is 9.53 Å². The maximum absolute atomic E-state index is 12.9. The Balaban J connectivity index is 1.53. The van der Waals surface area contributed by atoms with E-state index in [0.717, 1.165) is 41.2 Å². The highest BCUT2D eigenvalue weighted by Gasteiger charge is 2.25. The summed E-state index contributed by atoms with van der Waals surface area (Å²) >= 11 is 1.44. The van der Waals surface area contributed by atoms with Gasteiger partial charge in [0.15, 0.2) is 5.16 Å². The topological polar surface area (TPSA) is 67.0 Å². The van der Waals surface area contributed by atoms with E-state index in [4.69, 9.17) is 4.74 Å². The lowest BCUT2D eigenvalue weighted by Gasteiger charge is -2.17. The zero-order chi connectivity index (χ0) is 17.8. The number of hydrogen-bond acceptors (Lipinski definition) is 4. The maximum Gasteiger partial charge on any atom is 0.238 e. The van der Waals surface area contributed by atoms with Crippen molar-refractivity contribution in [1.82, 2.24) is 15.3 Å². The van der Waals surface area contributed by atoms with Gasteiger partial charge in [-0.1, -0.05) is 54.2 Å². The second-order valence-electron chi connectivity index (χ2n) is 6.35. The van der Waals surface area contributed by atoms with Crippen molar-refractivity contribution >= 4 is 28.7 Å². The van der Waals surface area contributed by atoms with Gasteiger partial charge in [0.2, 0.25) is 5.91 Å². The molecule has 1 amide bonds. The molecule has 0 radical (unpaired) electrons. The molecule has 2 aromatic carbocycles. The van der Waals surface area contributed by atoms with Crippen molar-refractivity contribution in [1.29, 1.82) is 0 Å². The molecule has 3 aromatic rings. The second kappa shape index (κ2) is 7.93. The summed E-state index contributed by atoms with van der Waals surface area (Å²) in [7, 11) is 0. The van der Waals surface area contributed by atoms with Gasteiger partial charge >= 0.3 is 0 Å². The van der Waals surface area contributed by atoms with E-state index in [0.29, 0.717) is 6.54 Å². The number of para-hydroxylation sites is 2. The van der Waals surface area contributed by atoms with E-state index in [1.54, 1.807) is 0 Å². The Bertz CT molecular complexity index is 842. The summed E-state index contributed by atoms with van der Waals surface area (Å²) < 4.78 is 5.61. The normalized spacial score (nSPS) is 18.1. The number of fused-ring (bicyclic) bond motifs is 1. The van der Waals surface area contributed by atoms with Gasteiger partial charge in [-0.05, 0) is 30.5 Å². The maximum atomic E-state index is 12.9. The summed E-state index contributed by atoms with van der Waals surface area (Å²) in [5.41, 5.74) is 2.84. The number of nitrogens with one attached hydrogen (secondary N) is 2. The van der Waals surface area contributed by atoms with Crippen molar-refractivity contribution in [2.24, 2.45) is 0 Å². The molecule has 2 heterocycles. The van der Waals surface area contributed by atoms with Crippen molar-refractivity contribution in [3.05, 3.63) is 60.2 Å². The van der Waals surface area contributed by atoms with Gasteiger partial charge in [0.1, 0.15) is 5.25 Å². The van der Waals surface area contributed by atoms with E-state index in [-0.39, 0.29) is 17.3 Å². The Labute approximate surface area is 156 Å². The Morgan fingerprint density at radius 3 is 2.81 bits per heavy atom. The molecule has 1 aliphatic heterocycles. The molecule has 2 N–H and O–H groups in total. The van der Waals surface area contributed by atoms with Gasteiger partial charge in [-0.3, -0.25) is 4.79 Å². The molecule has 134 valence electrons. The summed E-state index contributed by atoms with van der Waals surface area (Å²) in [6.07, 6.45) is 2.20. The van der Waals surface area contributed by atoms with E-state index in [1.165, 1.54) is 11.8 Å². The van der Waals surface area contributed by atoms with Crippen LogP contribution < -0.4 is 5.32 Å². The molecule has 1 aromatic heterocycles. The van der Waals surface area contributed by atoms with Crippen LogP contribution in [0.4, 0.5) is 0 Å². The highest BCUT2D eigenvalue weighted by Crippen LogP contribution is 2.34. The lowest BCUT2D eigenvalue weighted by atomic mass is 10.1. The summed E-state index contributed by atoms with van der Waals surface area (Å²) in [6, 6.07) is 17.7. The van der Waals surface area contributed by atoms with Gasteiger partial charge in [-0.15, -0.1) is 0 Å². The molecule has 5 nitrogen and oxygen atoms in total. The molecule has 0 saturated carbocycles. The number of amides is 1. The number of hydrogen-bond donors (Lipinski definition) is 2. The lowest BCUT2D eigenvalue weighted by molar-refractivity contribution is -0.121. The minimum Gasteiger partial charge on any atom is -0.376 e. The average molecular weight is 367 g/mol. The van der Waals surface area contributed by atoms with Gasteiger partial charge < -0.3 is 15.0 Å². The van der Waals surface area contributed by atoms with Crippen LogP contribution in [0.5, 0.6) is 0 Å². The van der Waals surface area contributed by atoms with Gasteiger partial charge in [0.05, 0.1) is 17.1 Å². The Morgan fingerprint density at radius 1 is 1.23 bits per heavy atom. The van der Waals surface area contributed by atoms with Crippen molar-refractivity contribution in [3.8, 4) is 0 Å². The molecular formula is C20H21N3O2S. The number of benzene rings is 2. The first-order chi connectivity index (χ1) is 12.8. The number of aromatic amines is 1. The molecule has 1 aliphatic rings. The largest absolute Gasteiger partial charge is 0.376 e. The molecule has 0 aliphatic carbocycles. The number of carbonyl (C=O) groups excluding carboxylic acids is 1. The summed E-state index contributed by atoms with van der Waals surface area (Å²) in [5, 5.41) is 3.43. The van der Waals surface area contributed by atoms with Crippen LogP contribution in [0.2, 0.25) is 0 Å². The number of carbonyl (C=O) groups is 1. The monoisotopic (exact) mass is 367 g/mol. The number of nitrogens with zero attached hydrogens (tertiary/aromatic N) is 1. The third-order valence-electron chi connectivity index (χ3n) is 4.47. The quantitative estimate of drug-likeness (QED) is 0.652. The van der Waals surface area contributed by atoms with E-state index in [1.807, 2.05) is 54.6 Å². The summed E-state index contributed by atoms with van der Waals surface area (Å²) in [5.74, 6) is -0.0165. The first-order valence-electron chi connectivity index (χ1n) is 8.85. The van der Waals surface area contributed by atoms with Crippen LogP contribution in [0.25, 0.3) is 11.0 Å². The minimum atomic E-state index is -0.363. The zero-order valence-corrected chi connectivity index (χ0v) is 15.2. The van der Waals surface area contributed by atoms with Gasteiger partial charge in [0.25, 0.3) is 0 Å². The zero-order valence-electron chi connectivity index (χ0n) is 14.4. The van der Waals surface area contributed by atoms with Crippen molar-refractivity contribution < 1.29 is 9.53 Å². The SMILES string of the molecule is O=C(NC[C@@H]1CCCO1)[C@@H](Sc1nc2ccccc2[nH]1)c1ccccc1. The summed E-state index contributed by atoms with van der Waals surface area (Å²) in [4.78, 5) is 20.8. The standard InChI is InChI=1S/C20H21N3O2S/c24-19(21-13-15-9-6-12-25-15)18(14-7-2-1-3-8-14)26-20-22-16-10-4-5-11-17(16)23-20/h1-5,7-8,10-11,15,18H,6,9,12-13H2,(H,21,24)(H,22,23)/t15-,18-/m0/s1. The Morgan fingerprint density at radius 2 is 2.04 bits per heavy atom. The van der Waals surface area contributed by atoms with E-state index in [9.17, 15) is 4.79 Å². The van der Waals surface area contributed by atoms with Gasteiger partial charge in [-0.25, -0.2) is 4.98 Å². The van der Waals surface area contributed by atoms with Gasteiger partial charge in [0, 0.05) is 13.2 Å². The van der Waals surface area contributed by atoms with Crippen molar-refractivity contribution in [3.63, 3.8) is 0 Å². The fraction of sp³-hybridized carbons (Fsp3) is 0.300. The Kier molecular flexibility index (Phi) is 5.22. The molecule has 0 unspecified atom stereocenters. The number of imidazole rings is 1. The fourth-order valence-electron chi connectivity index (χ4n) is 3.11. The summed E-state index contributed by atoms with van der Waals surface area (Å²) in [6.45, 7) is 1.35. The molecule has 2 atom stereocenters. The second-order valence-corrected chi connectivity index (χ2v) is 7.44. The number of ether oxygens (including phenoxy) is 1. The van der Waals surface area contributed by atoms with E-state index >= 15 is 0 Å². The van der Waals surface area contributed by atoms with Crippen LogP contribution >= 0.6 is 11.8 Å². The highest BCUT2D eigenvalue weighted by atomic mass is 32.2. The lowest BCUT2D eigenvalue weighted by Crippen LogP contribution is -2.34. The van der Waals surface area contributed by atoms with Crippen molar-refractivity contribution in [2.75, 3.05) is 13.2 Å². The number of H-pyrrole nitrogens is 1. The van der Waals surface area contributed by atoms with Crippen LogP contribution in [0.15, 0.2) is 59.8 Å². The molecule has 1 fully saturated rings. The van der Waals surface area contributed by atoms with Crippen LogP contribution in [0.3, 0.4) is 0 Å². The molecule has 0 bridgehead atoms. The average Bonchev–Trinajstić information content (AvgIpc) is 3.34. The van der Waals surface area contributed by atoms with Crippen LogP contribution in [0.1, 0.15) is 23.7 Å². The predicted octanol–water partition coefficient (Wildman–Crippen LogP) is 3.69. The van der Waals surface area contributed by atoms with E-state index < -0.39 is 0 Å².